The van der Waals surface area contributed by atoms with Crippen LogP contribution in [0.2, 0.25) is 0 Å². The second-order valence-corrected chi connectivity index (χ2v) is 4.98. The van der Waals surface area contributed by atoms with Crippen LogP contribution in [0.4, 0.5) is 0 Å². The van der Waals surface area contributed by atoms with Crippen molar-refractivity contribution in [3.63, 3.8) is 0 Å². The molecule has 5 atom stereocenters. The van der Waals surface area contributed by atoms with Crippen molar-refractivity contribution in [1.29, 1.82) is 0 Å². The van der Waals surface area contributed by atoms with Gasteiger partial charge in [0, 0.05) is 19.1 Å². The van der Waals surface area contributed by atoms with Crippen molar-refractivity contribution >= 4 is 0 Å². The van der Waals surface area contributed by atoms with Gasteiger partial charge >= 0.3 is 0 Å². The van der Waals surface area contributed by atoms with Gasteiger partial charge in [0.05, 0.1) is 0 Å². The minimum Gasteiger partial charge on any atom is -0.327 e. The summed E-state index contributed by atoms with van der Waals surface area (Å²) in [5, 5.41) is 0. The fourth-order valence-electron chi connectivity index (χ4n) is 3.57. The van der Waals surface area contributed by atoms with Crippen LogP contribution >= 0.6 is 0 Å². The number of piperidine rings is 1. The molecule has 0 aromatic rings. The summed E-state index contributed by atoms with van der Waals surface area (Å²) in [5.74, 6) is 2.70. The minimum absolute atomic E-state index is 0.538. The third-order valence-corrected chi connectivity index (χ3v) is 4.20. The Morgan fingerprint density at radius 1 is 1.08 bits per heavy atom. The average molecular weight is 166 g/mol. The molecule has 2 heteroatoms. The van der Waals surface area contributed by atoms with Crippen molar-refractivity contribution in [3.8, 4) is 0 Å². The molecule has 12 heavy (non-hydrogen) atoms. The highest BCUT2D eigenvalue weighted by Gasteiger charge is 2.43. The van der Waals surface area contributed by atoms with Gasteiger partial charge in [-0.3, -0.25) is 0 Å². The molecule has 0 aromatic carbocycles. The highest BCUT2D eigenvalue weighted by atomic mass is 15.2. The van der Waals surface area contributed by atoms with E-state index in [-0.39, 0.29) is 0 Å². The molecule has 4 fully saturated rings. The van der Waals surface area contributed by atoms with Gasteiger partial charge in [0.15, 0.2) is 0 Å². The van der Waals surface area contributed by atoms with E-state index < -0.39 is 0 Å². The zero-order chi connectivity index (χ0) is 8.13. The van der Waals surface area contributed by atoms with Crippen LogP contribution in [0.25, 0.3) is 0 Å². The van der Waals surface area contributed by atoms with Gasteiger partial charge in [-0.05, 0) is 43.6 Å². The molecule has 1 aliphatic carbocycles. The van der Waals surface area contributed by atoms with E-state index in [1.165, 1.54) is 38.9 Å². The Bertz CT molecular complexity index is 160. The molecular formula is C10H18N2. The molecular weight excluding hydrogens is 148 g/mol. The van der Waals surface area contributed by atoms with Gasteiger partial charge in [-0.1, -0.05) is 0 Å². The molecule has 68 valence electrons. The fourth-order valence-corrected chi connectivity index (χ4v) is 3.57. The maximum Gasteiger partial charge on any atom is 0.0120 e. The molecule has 4 bridgehead atoms. The van der Waals surface area contributed by atoms with Crippen LogP contribution in [-0.2, 0) is 0 Å². The van der Waals surface area contributed by atoms with Gasteiger partial charge in [0.2, 0.25) is 0 Å². The summed E-state index contributed by atoms with van der Waals surface area (Å²) in [5.41, 5.74) is 6.21. The highest BCUT2D eigenvalue weighted by Crippen LogP contribution is 2.41. The first-order valence-corrected chi connectivity index (χ1v) is 5.31. The van der Waals surface area contributed by atoms with E-state index in [1.54, 1.807) is 0 Å². The lowest BCUT2D eigenvalue weighted by molar-refractivity contribution is 0.0776. The monoisotopic (exact) mass is 166 g/mol. The van der Waals surface area contributed by atoms with Crippen molar-refractivity contribution in [2.24, 2.45) is 23.5 Å². The van der Waals surface area contributed by atoms with E-state index >= 15 is 0 Å². The van der Waals surface area contributed by atoms with Gasteiger partial charge in [-0.25, -0.2) is 0 Å². The summed E-state index contributed by atoms with van der Waals surface area (Å²) in [4.78, 5) is 2.64. The fraction of sp³-hybridized carbons (Fsp3) is 1.00. The lowest BCUT2D eigenvalue weighted by Crippen LogP contribution is -2.54. The topological polar surface area (TPSA) is 29.3 Å². The van der Waals surface area contributed by atoms with Crippen LogP contribution < -0.4 is 5.73 Å². The van der Waals surface area contributed by atoms with E-state index in [0.29, 0.717) is 6.04 Å². The smallest absolute Gasteiger partial charge is 0.0120 e. The first kappa shape index (κ1) is 7.34. The van der Waals surface area contributed by atoms with Crippen molar-refractivity contribution in [3.05, 3.63) is 0 Å². The van der Waals surface area contributed by atoms with E-state index in [9.17, 15) is 0 Å². The van der Waals surface area contributed by atoms with Gasteiger partial charge in [-0.15, -0.1) is 0 Å². The van der Waals surface area contributed by atoms with Crippen LogP contribution in [0.15, 0.2) is 0 Å². The van der Waals surface area contributed by atoms with Crippen molar-refractivity contribution in [2.45, 2.75) is 25.3 Å². The Hall–Kier alpha value is -0.0800. The van der Waals surface area contributed by atoms with Gasteiger partial charge in [-0.2, -0.15) is 0 Å². The number of fused-ring (bicyclic) bond motifs is 1. The molecule has 3 saturated heterocycles. The Morgan fingerprint density at radius 2 is 1.75 bits per heavy atom. The third-order valence-electron chi connectivity index (χ3n) is 4.20. The van der Waals surface area contributed by atoms with Gasteiger partial charge in [0.25, 0.3) is 0 Å². The molecule has 3 heterocycles. The molecule has 3 aliphatic heterocycles. The summed E-state index contributed by atoms with van der Waals surface area (Å²) in [6, 6.07) is 0.538. The maximum atomic E-state index is 6.21. The first-order chi connectivity index (χ1) is 5.83. The van der Waals surface area contributed by atoms with E-state index in [0.717, 1.165) is 17.8 Å². The number of rotatable bonds is 0. The number of hydrogen-bond acceptors (Lipinski definition) is 2. The van der Waals surface area contributed by atoms with Gasteiger partial charge in [0.1, 0.15) is 0 Å². The quantitative estimate of drug-likeness (QED) is 0.573. The molecule has 0 amide bonds. The average Bonchev–Trinajstić information content (AvgIpc) is 2.27. The van der Waals surface area contributed by atoms with Crippen molar-refractivity contribution in [1.82, 2.24) is 4.90 Å². The molecule has 0 radical (unpaired) electrons. The van der Waals surface area contributed by atoms with Crippen molar-refractivity contribution < 1.29 is 0 Å². The normalized spacial score (nSPS) is 57.2. The number of hydrogen-bond donors (Lipinski definition) is 1. The van der Waals surface area contributed by atoms with Crippen LogP contribution in [0.1, 0.15) is 19.3 Å². The zero-order valence-corrected chi connectivity index (χ0v) is 7.58. The summed E-state index contributed by atoms with van der Waals surface area (Å²) < 4.78 is 0. The second-order valence-electron chi connectivity index (χ2n) is 4.98. The van der Waals surface area contributed by atoms with E-state index in [4.69, 9.17) is 5.73 Å². The van der Waals surface area contributed by atoms with Crippen LogP contribution in [-0.4, -0.2) is 30.6 Å². The Labute approximate surface area is 74.1 Å². The molecule has 4 rings (SSSR count). The Morgan fingerprint density at radius 3 is 2.42 bits per heavy atom. The molecule has 0 spiro atoms. The highest BCUT2D eigenvalue weighted by molar-refractivity contribution is 4.98. The lowest BCUT2D eigenvalue weighted by atomic mass is 9.70. The zero-order valence-electron chi connectivity index (χ0n) is 7.58. The summed E-state index contributed by atoms with van der Waals surface area (Å²) in [6.07, 6.45) is 4.29. The molecule has 0 aromatic heterocycles. The summed E-state index contributed by atoms with van der Waals surface area (Å²) in [6.45, 7) is 3.95. The second kappa shape index (κ2) is 2.46. The van der Waals surface area contributed by atoms with E-state index in [2.05, 4.69) is 4.90 Å². The predicted octanol–water partition coefficient (Wildman–Crippen LogP) is 0.675. The Balaban J connectivity index is 1.91. The minimum atomic E-state index is 0.538. The largest absolute Gasteiger partial charge is 0.327 e. The van der Waals surface area contributed by atoms with Crippen molar-refractivity contribution in [2.75, 3.05) is 19.6 Å². The Kier molecular flexibility index (Phi) is 1.50. The standard InChI is InChI=1S/C10H18N2/c11-10-8-3-7-1-2-12(5-8)6-9(10)4-7/h7-10H,1-6,11H2/t7?,8-,9+,10?. The third kappa shape index (κ3) is 0.944. The number of nitrogens with zero attached hydrogens (tertiary/aromatic N) is 1. The van der Waals surface area contributed by atoms with Crippen LogP contribution in [0, 0.1) is 17.8 Å². The first-order valence-electron chi connectivity index (χ1n) is 5.31. The molecule has 2 N–H and O–H groups in total. The van der Waals surface area contributed by atoms with E-state index in [1.807, 2.05) is 0 Å². The maximum absolute atomic E-state index is 6.21. The molecule has 1 saturated carbocycles. The van der Waals surface area contributed by atoms with Gasteiger partial charge < -0.3 is 10.6 Å². The summed E-state index contributed by atoms with van der Waals surface area (Å²) in [7, 11) is 0. The molecule has 2 nitrogen and oxygen atoms in total. The molecule has 3 unspecified atom stereocenters. The molecule has 4 aliphatic rings. The summed E-state index contributed by atoms with van der Waals surface area (Å²) >= 11 is 0. The SMILES string of the molecule is NC1[C@@H]2CC3CCN(C2)C[C@@H]1C3. The number of nitrogens with two attached hydrogens (primary N) is 1. The lowest BCUT2D eigenvalue weighted by Gasteiger charge is -2.44. The predicted molar refractivity (Wildman–Crippen MR) is 48.7 cm³/mol. The van der Waals surface area contributed by atoms with Crippen LogP contribution in [0.5, 0.6) is 0 Å². The van der Waals surface area contributed by atoms with Crippen LogP contribution in [0.3, 0.4) is 0 Å².